The van der Waals surface area contributed by atoms with E-state index in [-0.39, 0.29) is 12.4 Å². The van der Waals surface area contributed by atoms with Gasteiger partial charge < -0.3 is 14.2 Å². The summed E-state index contributed by atoms with van der Waals surface area (Å²) in [5, 5.41) is 0. The lowest BCUT2D eigenvalue weighted by Gasteiger charge is -2.19. The molecule has 1 aliphatic heterocycles. The van der Waals surface area contributed by atoms with Gasteiger partial charge in [0.05, 0.1) is 18.4 Å². The van der Waals surface area contributed by atoms with Crippen LogP contribution in [0.1, 0.15) is 21.6 Å². The number of hydrogen-bond acceptors (Lipinski definition) is 5. The van der Waals surface area contributed by atoms with E-state index in [1.165, 1.54) is 0 Å². The number of Topliss-reactive ketones (excluding diaryl/α,β-unsaturated/α-hetero) is 1. The van der Waals surface area contributed by atoms with Gasteiger partial charge in [-0.2, -0.15) is 0 Å². The van der Waals surface area contributed by atoms with Crippen LogP contribution < -0.4 is 14.2 Å². The Morgan fingerprint density at radius 2 is 1.96 bits per heavy atom. The van der Waals surface area contributed by atoms with E-state index in [1.807, 2.05) is 48.5 Å². The Labute approximate surface area is 163 Å². The number of rotatable bonds is 5. The Bertz CT molecular complexity index is 1030. The molecule has 0 aliphatic carbocycles. The SMILES string of the molecule is COc1ccc2c(c1)C(=O)C(=Cc1ccccc1OCc1ccccn1)CO2. The van der Waals surface area contributed by atoms with Crippen molar-refractivity contribution in [1.29, 1.82) is 0 Å². The van der Waals surface area contributed by atoms with Crippen molar-refractivity contribution in [2.75, 3.05) is 13.7 Å². The van der Waals surface area contributed by atoms with Crippen LogP contribution in [0.4, 0.5) is 0 Å². The number of hydrogen-bond donors (Lipinski definition) is 0. The molecule has 0 atom stereocenters. The van der Waals surface area contributed by atoms with Crippen molar-refractivity contribution in [1.82, 2.24) is 4.98 Å². The summed E-state index contributed by atoms with van der Waals surface area (Å²) in [6, 6.07) is 18.5. The predicted molar refractivity (Wildman–Crippen MR) is 106 cm³/mol. The lowest BCUT2D eigenvalue weighted by molar-refractivity contribution is 0.100. The minimum atomic E-state index is -0.0697. The Morgan fingerprint density at radius 1 is 1.11 bits per heavy atom. The molecule has 2 heterocycles. The molecule has 0 unspecified atom stereocenters. The van der Waals surface area contributed by atoms with Crippen molar-refractivity contribution in [3.8, 4) is 17.2 Å². The van der Waals surface area contributed by atoms with Crippen molar-refractivity contribution < 1.29 is 19.0 Å². The van der Waals surface area contributed by atoms with Crippen LogP contribution >= 0.6 is 0 Å². The molecule has 140 valence electrons. The average Bonchev–Trinajstić information content (AvgIpc) is 2.75. The van der Waals surface area contributed by atoms with Gasteiger partial charge in [0.1, 0.15) is 30.5 Å². The normalized spacial score (nSPS) is 14.3. The van der Waals surface area contributed by atoms with Crippen LogP contribution in [-0.2, 0) is 6.61 Å². The van der Waals surface area contributed by atoms with Crippen LogP contribution in [0.5, 0.6) is 17.2 Å². The summed E-state index contributed by atoms with van der Waals surface area (Å²) < 4.78 is 16.9. The number of para-hydroxylation sites is 1. The van der Waals surface area contributed by atoms with E-state index in [2.05, 4.69) is 4.98 Å². The fraction of sp³-hybridized carbons (Fsp3) is 0.130. The molecule has 1 aliphatic rings. The highest BCUT2D eigenvalue weighted by Gasteiger charge is 2.24. The van der Waals surface area contributed by atoms with Gasteiger partial charge in [0, 0.05) is 17.3 Å². The van der Waals surface area contributed by atoms with Gasteiger partial charge in [-0.25, -0.2) is 0 Å². The first kappa shape index (κ1) is 17.8. The quantitative estimate of drug-likeness (QED) is 0.623. The molecule has 0 radical (unpaired) electrons. The second kappa shape index (κ2) is 7.96. The van der Waals surface area contributed by atoms with Crippen LogP contribution in [0.2, 0.25) is 0 Å². The zero-order chi connectivity index (χ0) is 19.3. The monoisotopic (exact) mass is 373 g/mol. The molecule has 0 bridgehead atoms. The maximum absolute atomic E-state index is 12.9. The molecule has 0 fully saturated rings. The summed E-state index contributed by atoms with van der Waals surface area (Å²) in [6.07, 6.45) is 3.55. The summed E-state index contributed by atoms with van der Waals surface area (Å²) in [5.41, 5.74) is 2.72. The third-order valence-corrected chi connectivity index (χ3v) is 4.46. The number of pyridine rings is 1. The maximum atomic E-state index is 12.9. The highest BCUT2D eigenvalue weighted by Crippen LogP contribution is 2.32. The summed E-state index contributed by atoms with van der Waals surface area (Å²) in [6.45, 7) is 0.568. The molecular formula is C23H19NO4. The number of nitrogens with zero attached hydrogens (tertiary/aromatic N) is 1. The van der Waals surface area contributed by atoms with Crippen LogP contribution in [0.15, 0.2) is 72.4 Å². The summed E-state index contributed by atoms with van der Waals surface area (Å²) in [5.74, 6) is 1.81. The zero-order valence-corrected chi connectivity index (χ0v) is 15.4. The molecule has 0 saturated heterocycles. The van der Waals surface area contributed by atoms with E-state index < -0.39 is 0 Å². The van der Waals surface area contributed by atoms with E-state index in [1.54, 1.807) is 31.5 Å². The molecular weight excluding hydrogens is 354 g/mol. The molecule has 2 aromatic carbocycles. The minimum absolute atomic E-state index is 0.0697. The van der Waals surface area contributed by atoms with E-state index in [4.69, 9.17) is 14.2 Å². The van der Waals surface area contributed by atoms with E-state index in [9.17, 15) is 4.79 Å². The Kier molecular flexibility index (Phi) is 5.06. The molecule has 28 heavy (non-hydrogen) atoms. The number of ketones is 1. The highest BCUT2D eigenvalue weighted by atomic mass is 16.5. The van der Waals surface area contributed by atoms with Gasteiger partial charge in [0.25, 0.3) is 0 Å². The van der Waals surface area contributed by atoms with Gasteiger partial charge in [-0.3, -0.25) is 9.78 Å². The minimum Gasteiger partial charge on any atom is -0.497 e. The van der Waals surface area contributed by atoms with E-state index in [0.717, 1.165) is 11.3 Å². The molecule has 0 amide bonds. The van der Waals surface area contributed by atoms with Crippen LogP contribution in [0, 0.1) is 0 Å². The molecule has 3 aromatic rings. The third-order valence-electron chi connectivity index (χ3n) is 4.46. The summed E-state index contributed by atoms with van der Waals surface area (Å²) in [7, 11) is 1.57. The number of benzene rings is 2. The lowest BCUT2D eigenvalue weighted by atomic mass is 9.98. The second-order valence-electron chi connectivity index (χ2n) is 6.30. The Hall–Kier alpha value is -3.60. The maximum Gasteiger partial charge on any atom is 0.196 e. The number of carbonyl (C=O) groups is 1. The van der Waals surface area contributed by atoms with E-state index >= 15 is 0 Å². The lowest BCUT2D eigenvalue weighted by Crippen LogP contribution is -2.19. The van der Waals surface area contributed by atoms with Crippen LogP contribution in [-0.4, -0.2) is 24.5 Å². The van der Waals surface area contributed by atoms with Crippen LogP contribution in [0.25, 0.3) is 6.08 Å². The van der Waals surface area contributed by atoms with Gasteiger partial charge in [0.2, 0.25) is 0 Å². The molecule has 0 saturated carbocycles. The fourth-order valence-electron chi connectivity index (χ4n) is 2.99. The molecule has 5 nitrogen and oxygen atoms in total. The van der Waals surface area contributed by atoms with E-state index in [0.29, 0.717) is 35.0 Å². The molecule has 0 spiro atoms. The van der Waals surface area contributed by atoms with Crippen molar-refractivity contribution in [2.45, 2.75) is 6.61 Å². The van der Waals surface area contributed by atoms with Crippen molar-refractivity contribution >= 4 is 11.9 Å². The first-order chi connectivity index (χ1) is 13.7. The number of methoxy groups -OCH3 is 1. The molecule has 5 heteroatoms. The third kappa shape index (κ3) is 3.74. The number of fused-ring (bicyclic) bond motifs is 1. The number of ether oxygens (including phenoxy) is 3. The average molecular weight is 373 g/mol. The Morgan fingerprint density at radius 3 is 2.79 bits per heavy atom. The predicted octanol–water partition coefficient (Wildman–Crippen LogP) is 4.33. The van der Waals surface area contributed by atoms with Crippen molar-refractivity contribution in [2.24, 2.45) is 0 Å². The van der Waals surface area contributed by atoms with Crippen molar-refractivity contribution in [3.05, 3.63) is 89.3 Å². The van der Waals surface area contributed by atoms with Gasteiger partial charge >= 0.3 is 0 Å². The van der Waals surface area contributed by atoms with Gasteiger partial charge in [0.15, 0.2) is 5.78 Å². The highest BCUT2D eigenvalue weighted by molar-refractivity contribution is 6.14. The standard InChI is InChI=1S/C23H19NO4/c1-26-19-9-10-22-20(13-19)23(25)17(14-27-22)12-16-6-2-3-8-21(16)28-15-18-7-4-5-11-24-18/h2-13H,14-15H2,1H3. The largest absolute Gasteiger partial charge is 0.497 e. The van der Waals surface area contributed by atoms with Gasteiger partial charge in [-0.05, 0) is 42.5 Å². The Balaban J connectivity index is 1.60. The fourth-order valence-corrected chi connectivity index (χ4v) is 2.99. The van der Waals surface area contributed by atoms with Gasteiger partial charge in [-0.1, -0.05) is 24.3 Å². The van der Waals surface area contributed by atoms with Gasteiger partial charge in [-0.15, -0.1) is 0 Å². The molecule has 0 N–H and O–H groups in total. The second-order valence-corrected chi connectivity index (χ2v) is 6.30. The smallest absolute Gasteiger partial charge is 0.196 e. The number of aromatic nitrogens is 1. The summed E-state index contributed by atoms with van der Waals surface area (Å²) >= 11 is 0. The summed E-state index contributed by atoms with van der Waals surface area (Å²) in [4.78, 5) is 17.2. The molecule has 4 rings (SSSR count). The number of carbonyl (C=O) groups excluding carboxylic acids is 1. The first-order valence-electron chi connectivity index (χ1n) is 8.92. The zero-order valence-electron chi connectivity index (χ0n) is 15.4. The van der Waals surface area contributed by atoms with Crippen LogP contribution in [0.3, 0.4) is 0 Å². The van der Waals surface area contributed by atoms with Crippen molar-refractivity contribution in [3.63, 3.8) is 0 Å². The first-order valence-corrected chi connectivity index (χ1v) is 8.92. The topological polar surface area (TPSA) is 57.7 Å². The molecule has 1 aromatic heterocycles.